The number of amides is 1. The molecule has 158 valence electrons. The number of nitrogens with one attached hydrogen (secondary N) is 2. The van der Waals surface area contributed by atoms with Crippen LogP contribution in [0.2, 0.25) is 0 Å². The van der Waals surface area contributed by atoms with Crippen molar-refractivity contribution in [1.82, 2.24) is 9.78 Å². The molecule has 2 aromatic heterocycles. The van der Waals surface area contributed by atoms with Gasteiger partial charge in [-0.2, -0.15) is 5.10 Å². The van der Waals surface area contributed by atoms with Crippen LogP contribution in [0, 0.1) is 0 Å². The fraction of sp³-hybridized carbons (Fsp3) is 0.0909. The summed E-state index contributed by atoms with van der Waals surface area (Å²) >= 11 is 1.51. The number of aromatic nitrogens is 2. The van der Waals surface area contributed by atoms with Crippen molar-refractivity contribution in [2.75, 3.05) is 15.8 Å². The highest BCUT2D eigenvalue weighted by atomic mass is 32.2. The smallest absolute Gasteiger partial charge is 0.259 e. The van der Waals surface area contributed by atoms with E-state index in [1.807, 2.05) is 47.8 Å². The minimum atomic E-state index is -3.35. The molecule has 0 atom stereocenters. The average Bonchev–Trinajstić information content (AvgIpc) is 3.45. The second-order valence-corrected chi connectivity index (χ2v) is 9.64. The van der Waals surface area contributed by atoms with Crippen molar-refractivity contribution in [2.24, 2.45) is 0 Å². The normalized spacial score (nSPS) is 11.3. The fourth-order valence-electron chi connectivity index (χ4n) is 2.92. The molecule has 1 amide bonds. The van der Waals surface area contributed by atoms with Gasteiger partial charge in [0.25, 0.3) is 5.91 Å². The Balaban J connectivity index is 1.60. The SMILES string of the molecule is CCS(=O)(=O)Nc1ccc(NC(=O)c2cn(-c3ccccc3)nc2-c2cccs2)cc1. The van der Waals surface area contributed by atoms with Gasteiger partial charge in [0.1, 0.15) is 5.69 Å². The lowest BCUT2D eigenvalue weighted by molar-refractivity contribution is 0.102. The van der Waals surface area contributed by atoms with Gasteiger partial charge in [0.05, 0.1) is 21.9 Å². The molecule has 0 spiro atoms. The number of carbonyl (C=O) groups is 1. The van der Waals surface area contributed by atoms with Gasteiger partial charge in [-0.05, 0) is 54.8 Å². The van der Waals surface area contributed by atoms with E-state index in [0.717, 1.165) is 10.6 Å². The van der Waals surface area contributed by atoms with Crippen molar-refractivity contribution in [3.8, 4) is 16.3 Å². The number of para-hydroxylation sites is 1. The molecule has 0 aliphatic rings. The zero-order valence-electron chi connectivity index (χ0n) is 16.6. The lowest BCUT2D eigenvalue weighted by Gasteiger charge is -2.08. The summed E-state index contributed by atoms with van der Waals surface area (Å²) in [6, 6.07) is 19.9. The Morgan fingerprint density at radius 1 is 1.00 bits per heavy atom. The number of hydrogen-bond donors (Lipinski definition) is 2. The lowest BCUT2D eigenvalue weighted by Crippen LogP contribution is -2.15. The van der Waals surface area contributed by atoms with Crippen LogP contribution in [0.1, 0.15) is 17.3 Å². The molecule has 0 unspecified atom stereocenters. The molecule has 2 N–H and O–H groups in total. The minimum Gasteiger partial charge on any atom is -0.322 e. The van der Waals surface area contributed by atoms with E-state index >= 15 is 0 Å². The molecule has 2 heterocycles. The monoisotopic (exact) mass is 452 g/mol. The highest BCUT2D eigenvalue weighted by Gasteiger charge is 2.19. The first kappa shape index (κ1) is 20.8. The molecular weight excluding hydrogens is 432 g/mol. The highest BCUT2D eigenvalue weighted by Crippen LogP contribution is 2.28. The van der Waals surface area contributed by atoms with Crippen molar-refractivity contribution in [2.45, 2.75) is 6.92 Å². The Morgan fingerprint density at radius 3 is 2.35 bits per heavy atom. The van der Waals surface area contributed by atoms with Crippen LogP contribution in [0.3, 0.4) is 0 Å². The van der Waals surface area contributed by atoms with E-state index in [2.05, 4.69) is 15.1 Å². The van der Waals surface area contributed by atoms with Crippen LogP contribution in [-0.2, 0) is 10.0 Å². The first-order chi connectivity index (χ1) is 14.9. The molecule has 4 aromatic rings. The summed E-state index contributed by atoms with van der Waals surface area (Å²) in [4.78, 5) is 14.0. The number of anilines is 2. The van der Waals surface area contributed by atoms with Gasteiger partial charge in [-0.25, -0.2) is 13.1 Å². The van der Waals surface area contributed by atoms with Gasteiger partial charge in [-0.15, -0.1) is 11.3 Å². The van der Waals surface area contributed by atoms with E-state index in [-0.39, 0.29) is 11.7 Å². The van der Waals surface area contributed by atoms with E-state index in [0.29, 0.717) is 22.6 Å². The summed E-state index contributed by atoms with van der Waals surface area (Å²) in [7, 11) is -3.35. The summed E-state index contributed by atoms with van der Waals surface area (Å²) in [5.41, 5.74) is 2.89. The van der Waals surface area contributed by atoms with Gasteiger partial charge < -0.3 is 5.32 Å². The van der Waals surface area contributed by atoms with Crippen LogP contribution < -0.4 is 10.0 Å². The van der Waals surface area contributed by atoms with Crippen molar-refractivity contribution < 1.29 is 13.2 Å². The maximum atomic E-state index is 13.1. The number of carbonyl (C=O) groups excluding carboxylic acids is 1. The molecule has 0 fully saturated rings. The van der Waals surface area contributed by atoms with Gasteiger partial charge in [0, 0.05) is 17.6 Å². The van der Waals surface area contributed by atoms with Crippen molar-refractivity contribution >= 4 is 38.6 Å². The Bertz CT molecular complexity index is 1280. The van der Waals surface area contributed by atoms with Crippen LogP contribution in [0.25, 0.3) is 16.3 Å². The number of nitrogens with zero attached hydrogens (tertiary/aromatic N) is 2. The van der Waals surface area contributed by atoms with E-state index in [9.17, 15) is 13.2 Å². The van der Waals surface area contributed by atoms with E-state index in [1.54, 1.807) is 42.1 Å². The van der Waals surface area contributed by atoms with Crippen LogP contribution in [0.5, 0.6) is 0 Å². The molecule has 0 saturated carbocycles. The minimum absolute atomic E-state index is 0.0115. The van der Waals surface area contributed by atoms with Crippen molar-refractivity contribution in [1.29, 1.82) is 0 Å². The summed E-state index contributed by atoms with van der Waals surface area (Å²) in [6.45, 7) is 1.57. The van der Waals surface area contributed by atoms with Crippen LogP contribution in [0.15, 0.2) is 78.3 Å². The number of hydrogen-bond acceptors (Lipinski definition) is 5. The van der Waals surface area contributed by atoms with Gasteiger partial charge >= 0.3 is 0 Å². The topological polar surface area (TPSA) is 93.1 Å². The molecule has 0 aliphatic carbocycles. The van der Waals surface area contributed by atoms with Gasteiger partial charge in [0.15, 0.2) is 0 Å². The van der Waals surface area contributed by atoms with E-state index in [1.165, 1.54) is 11.3 Å². The predicted octanol–water partition coefficient (Wildman–Crippen LogP) is 4.61. The van der Waals surface area contributed by atoms with E-state index < -0.39 is 10.0 Å². The Kier molecular flexibility index (Phi) is 5.88. The Labute approximate surface area is 184 Å². The van der Waals surface area contributed by atoms with Gasteiger partial charge in [-0.1, -0.05) is 24.3 Å². The molecule has 0 radical (unpaired) electrons. The second kappa shape index (κ2) is 8.75. The second-order valence-electron chi connectivity index (χ2n) is 6.69. The molecule has 7 nitrogen and oxygen atoms in total. The maximum Gasteiger partial charge on any atom is 0.259 e. The third-order valence-corrected chi connectivity index (χ3v) is 6.71. The van der Waals surface area contributed by atoms with Crippen LogP contribution in [0.4, 0.5) is 11.4 Å². The third kappa shape index (κ3) is 4.84. The number of rotatable bonds is 7. The zero-order chi connectivity index (χ0) is 21.8. The Morgan fingerprint density at radius 2 is 1.71 bits per heavy atom. The molecule has 31 heavy (non-hydrogen) atoms. The fourth-order valence-corrected chi connectivity index (χ4v) is 4.28. The van der Waals surface area contributed by atoms with Crippen LogP contribution in [-0.4, -0.2) is 29.9 Å². The Hall–Kier alpha value is -3.43. The molecule has 0 aliphatic heterocycles. The molecule has 0 bridgehead atoms. The summed E-state index contributed by atoms with van der Waals surface area (Å²) in [6.07, 6.45) is 1.71. The maximum absolute atomic E-state index is 13.1. The molecule has 4 rings (SSSR count). The molecule has 9 heteroatoms. The first-order valence-corrected chi connectivity index (χ1v) is 12.1. The number of sulfonamides is 1. The zero-order valence-corrected chi connectivity index (χ0v) is 18.3. The molecule has 2 aromatic carbocycles. The quantitative estimate of drug-likeness (QED) is 0.428. The first-order valence-electron chi connectivity index (χ1n) is 9.56. The van der Waals surface area contributed by atoms with Crippen molar-refractivity contribution in [3.63, 3.8) is 0 Å². The summed E-state index contributed by atoms with van der Waals surface area (Å²) in [5, 5.41) is 9.44. The number of benzene rings is 2. The average molecular weight is 453 g/mol. The van der Waals surface area contributed by atoms with Gasteiger partial charge in [-0.3, -0.25) is 9.52 Å². The van der Waals surface area contributed by atoms with Crippen molar-refractivity contribution in [3.05, 3.63) is 83.9 Å². The molecular formula is C22H20N4O3S2. The lowest BCUT2D eigenvalue weighted by atomic mass is 10.2. The number of thiophene rings is 1. The van der Waals surface area contributed by atoms with Crippen LogP contribution >= 0.6 is 11.3 Å². The molecule has 0 saturated heterocycles. The summed E-state index contributed by atoms with van der Waals surface area (Å²) in [5.74, 6) is -0.310. The third-order valence-electron chi connectivity index (χ3n) is 4.53. The standard InChI is InChI=1S/C22H20N4O3S2/c1-2-31(28,29)25-17-12-10-16(11-13-17)23-22(27)19-15-26(18-7-4-3-5-8-18)24-21(19)20-9-6-14-30-20/h3-15,25H,2H2,1H3,(H,23,27). The largest absolute Gasteiger partial charge is 0.322 e. The van der Waals surface area contributed by atoms with E-state index in [4.69, 9.17) is 0 Å². The highest BCUT2D eigenvalue weighted by molar-refractivity contribution is 7.92. The summed E-state index contributed by atoms with van der Waals surface area (Å²) < 4.78 is 27.6. The van der Waals surface area contributed by atoms with Gasteiger partial charge in [0.2, 0.25) is 10.0 Å². The predicted molar refractivity (Wildman–Crippen MR) is 124 cm³/mol.